The summed E-state index contributed by atoms with van der Waals surface area (Å²) in [6, 6.07) is 0. The van der Waals surface area contributed by atoms with Crippen molar-refractivity contribution in [2.24, 2.45) is 0 Å². The second kappa shape index (κ2) is 7.98. The van der Waals surface area contributed by atoms with Crippen molar-refractivity contribution in [1.82, 2.24) is 19.6 Å². The first-order valence-electron chi connectivity index (χ1n) is 8.41. The van der Waals surface area contributed by atoms with Gasteiger partial charge in [-0.1, -0.05) is 0 Å². The lowest BCUT2D eigenvalue weighted by atomic mass is 10.2. The molecule has 2 aromatic heterocycles. The summed E-state index contributed by atoms with van der Waals surface area (Å²) in [6.45, 7) is 12.7. The van der Waals surface area contributed by atoms with E-state index in [2.05, 4.69) is 20.9 Å². The summed E-state index contributed by atoms with van der Waals surface area (Å²) >= 11 is 1.65. The van der Waals surface area contributed by atoms with Crippen molar-refractivity contribution in [3.8, 4) is 0 Å². The average Bonchev–Trinajstić information content (AvgIpc) is 3.02. The summed E-state index contributed by atoms with van der Waals surface area (Å²) in [7, 11) is 0. The summed E-state index contributed by atoms with van der Waals surface area (Å²) in [5.41, 5.74) is 1.82. The van der Waals surface area contributed by atoms with Crippen LogP contribution < -0.4 is 5.32 Å². The average molecular weight is 353 g/mol. The fourth-order valence-electron chi connectivity index (χ4n) is 2.46. The Labute approximate surface area is 147 Å². The molecule has 0 aliphatic heterocycles. The number of imidazole rings is 1. The quantitative estimate of drug-likeness (QED) is 0.776. The van der Waals surface area contributed by atoms with E-state index >= 15 is 0 Å². The van der Waals surface area contributed by atoms with Crippen LogP contribution in [0.2, 0.25) is 0 Å². The van der Waals surface area contributed by atoms with Gasteiger partial charge in [-0.05, 0) is 47.6 Å². The lowest BCUT2D eigenvalue weighted by Crippen LogP contribution is -2.38. The normalized spacial score (nSPS) is 11.9. The number of ether oxygens (including phenoxy) is 1. The number of hydrogen-bond acceptors (Lipinski definition) is 5. The zero-order valence-electron chi connectivity index (χ0n) is 15.3. The first-order chi connectivity index (χ1) is 11.3. The zero-order valence-corrected chi connectivity index (χ0v) is 16.1. The SMILES string of the molecule is CCN(CCCNCc1c(C)nc2sccn12)C(=O)OC(C)(C)C. The van der Waals surface area contributed by atoms with Gasteiger partial charge in [0.25, 0.3) is 0 Å². The molecule has 0 radical (unpaired) electrons. The predicted molar refractivity (Wildman–Crippen MR) is 97.6 cm³/mol. The number of nitrogens with one attached hydrogen (secondary N) is 1. The van der Waals surface area contributed by atoms with E-state index in [9.17, 15) is 4.79 Å². The van der Waals surface area contributed by atoms with Gasteiger partial charge in [-0.2, -0.15) is 0 Å². The minimum Gasteiger partial charge on any atom is -0.444 e. The van der Waals surface area contributed by atoms with E-state index in [1.807, 2.05) is 40.0 Å². The number of hydrogen-bond donors (Lipinski definition) is 1. The largest absolute Gasteiger partial charge is 0.444 e. The molecule has 0 saturated carbocycles. The molecule has 0 atom stereocenters. The van der Waals surface area contributed by atoms with Crippen LogP contribution in [-0.4, -0.2) is 45.6 Å². The number of aromatic nitrogens is 2. The Morgan fingerprint density at radius 1 is 1.46 bits per heavy atom. The number of nitrogens with zero attached hydrogens (tertiary/aromatic N) is 3. The molecular weight excluding hydrogens is 324 g/mol. The Balaban J connectivity index is 1.75. The van der Waals surface area contributed by atoms with Crippen molar-refractivity contribution in [3.63, 3.8) is 0 Å². The molecule has 2 heterocycles. The van der Waals surface area contributed by atoms with Gasteiger partial charge in [0.05, 0.1) is 11.4 Å². The van der Waals surface area contributed by atoms with Crippen molar-refractivity contribution < 1.29 is 9.53 Å². The molecule has 2 rings (SSSR count). The molecule has 134 valence electrons. The first-order valence-corrected chi connectivity index (χ1v) is 9.29. The molecule has 0 unspecified atom stereocenters. The van der Waals surface area contributed by atoms with Crippen LogP contribution in [0.3, 0.4) is 0 Å². The predicted octanol–water partition coefficient (Wildman–Crippen LogP) is 3.44. The number of carbonyl (C=O) groups is 1. The van der Waals surface area contributed by atoms with Gasteiger partial charge in [-0.25, -0.2) is 9.78 Å². The molecule has 1 N–H and O–H groups in total. The number of aryl methyl sites for hydroxylation is 1. The number of thiazole rings is 1. The maximum absolute atomic E-state index is 12.1. The van der Waals surface area contributed by atoms with Crippen molar-refractivity contribution >= 4 is 22.4 Å². The molecule has 0 saturated heterocycles. The third-order valence-electron chi connectivity index (χ3n) is 3.67. The summed E-state index contributed by atoms with van der Waals surface area (Å²) in [5, 5.41) is 5.49. The molecule has 0 bridgehead atoms. The van der Waals surface area contributed by atoms with E-state index < -0.39 is 5.60 Å². The van der Waals surface area contributed by atoms with E-state index in [-0.39, 0.29) is 6.09 Å². The van der Waals surface area contributed by atoms with E-state index in [1.165, 1.54) is 5.69 Å². The topological polar surface area (TPSA) is 58.9 Å². The highest BCUT2D eigenvalue weighted by molar-refractivity contribution is 7.15. The fourth-order valence-corrected chi connectivity index (χ4v) is 3.24. The zero-order chi connectivity index (χ0) is 17.7. The maximum Gasteiger partial charge on any atom is 0.410 e. The summed E-state index contributed by atoms with van der Waals surface area (Å²) < 4.78 is 7.55. The number of rotatable bonds is 7. The molecule has 7 heteroatoms. The van der Waals surface area contributed by atoms with Crippen LogP contribution in [0.5, 0.6) is 0 Å². The van der Waals surface area contributed by atoms with Crippen LogP contribution in [0, 0.1) is 6.92 Å². The summed E-state index contributed by atoms with van der Waals surface area (Å²) in [4.78, 5) is 19.4. The Kier molecular flexibility index (Phi) is 6.23. The molecule has 0 aromatic carbocycles. The van der Waals surface area contributed by atoms with Crippen LogP contribution in [0.1, 0.15) is 45.5 Å². The fraction of sp³-hybridized carbons (Fsp3) is 0.647. The second-order valence-corrected chi connectivity index (χ2v) is 7.66. The lowest BCUT2D eigenvalue weighted by Gasteiger charge is -2.26. The minimum absolute atomic E-state index is 0.239. The Hall–Kier alpha value is -1.60. The van der Waals surface area contributed by atoms with Crippen molar-refractivity contribution in [3.05, 3.63) is 23.0 Å². The van der Waals surface area contributed by atoms with Crippen LogP contribution >= 0.6 is 11.3 Å². The number of carbonyl (C=O) groups excluding carboxylic acids is 1. The van der Waals surface area contributed by atoms with Gasteiger partial charge in [-0.15, -0.1) is 11.3 Å². The highest BCUT2D eigenvalue weighted by Gasteiger charge is 2.20. The number of amides is 1. The summed E-state index contributed by atoms with van der Waals surface area (Å²) in [5.74, 6) is 0. The van der Waals surface area contributed by atoms with Gasteiger partial charge < -0.3 is 15.0 Å². The Morgan fingerprint density at radius 3 is 2.88 bits per heavy atom. The third-order valence-corrected chi connectivity index (χ3v) is 4.43. The standard InChI is InChI=1S/C17H28N4O2S/c1-6-20(16(22)23-17(3,4)5)9-7-8-18-12-14-13(2)19-15-21(14)10-11-24-15/h10-11,18H,6-9,12H2,1-5H3. The molecule has 6 nitrogen and oxygen atoms in total. The molecule has 1 amide bonds. The van der Waals surface area contributed by atoms with Gasteiger partial charge in [0.2, 0.25) is 0 Å². The van der Waals surface area contributed by atoms with Gasteiger partial charge in [0.15, 0.2) is 4.96 Å². The van der Waals surface area contributed by atoms with Gasteiger partial charge in [0.1, 0.15) is 5.60 Å². The highest BCUT2D eigenvalue weighted by Crippen LogP contribution is 2.16. The van der Waals surface area contributed by atoms with E-state index in [1.54, 1.807) is 16.2 Å². The Morgan fingerprint density at radius 2 is 2.21 bits per heavy atom. The second-order valence-electron chi connectivity index (χ2n) is 6.79. The minimum atomic E-state index is -0.450. The van der Waals surface area contributed by atoms with Crippen molar-refractivity contribution in [2.45, 2.75) is 53.2 Å². The molecule has 0 aliphatic carbocycles. The highest BCUT2D eigenvalue weighted by atomic mass is 32.1. The summed E-state index contributed by atoms with van der Waals surface area (Å²) in [6.07, 6.45) is 2.70. The van der Waals surface area contributed by atoms with E-state index in [0.29, 0.717) is 13.1 Å². The molecule has 0 fully saturated rings. The van der Waals surface area contributed by atoms with Crippen LogP contribution in [0.4, 0.5) is 4.79 Å². The van der Waals surface area contributed by atoms with Crippen LogP contribution in [0.15, 0.2) is 11.6 Å². The molecular formula is C17H28N4O2S. The van der Waals surface area contributed by atoms with Crippen LogP contribution in [-0.2, 0) is 11.3 Å². The smallest absolute Gasteiger partial charge is 0.410 e. The molecule has 2 aromatic rings. The van der Waals surface area contributed by atoms with Crippen molar-refractivity contribution in [2.75, 3.05) is 19.6 Å². The molecule has 0 aliphatic rings. The van der Waals surface area contributed by atoms with E-state index in [0.717, 1.165) is 30.2 Å². The maximum atomic E-state index is 12.1. The Bertz CT molecular complexity index is 672. The first kappa shape index (κ1) is 18.7. The lowest BCUT2D eigenvalue weighted by molar-refractivity contribution is 0.0258. The van der Waals surface area contributed by atoms with Crippen LogP contribution in [0.25, 0.3) is 4.96 Å². The van der Waals surface area contributed by atoms with Gasteiger partial charge in [-0.3, -0.25) is 4.40 Å². The third kappa shape index (κ3) is 4.95. The molecule has 0 spiro atoms. The van der Waals surface area contributed by atoms with Crippen molar-refractivity contribution in [1.29, 1.82) is 0 Å². The van der Waals surface area contributed by atoms with Gasteiger partial charge in [0, 0.05) is 31.2 Å². The number of fused-ring (bicyclic) bond motifs is 1. The van der Waals surface area contributed by atoms with Gasteiger partial charge >= 0.3 is 6.09 Å². The van der Waals surface area contributed by atoms with E-state index in [4.69, 9.17) is 4.74 Å². The monoisotopic (exact) mass is 352 g/mol. The molecule has 24 heavy (non-hydrogen) atoms.